The summed E-state index contributed by atoms with van der Waals surface area (Å²) in [6.45, 7) is 8.78. The van der Waals surface area contributed by atoms with Gasteiger partial charge in [-0.05, 0) is 44.5 Å². The number of rotatable bonds is 5. The topological polar surface area (TPSA) is 29.3 Å². The van der Waals surface area contributed by atoms with Crippen molar-refractivity contribution in [1.82, 2.24) is 4.90 Å². The molecule has 1 aromatic carbocycles. The van der Waals surface area contributed by atoms with Gasteiger partial charge in [-0.25, -0.2) is 0 Å². The molecule has 3 unspecified atom stereocenters. The molecule has 0 amide bonds. The van der Waals surface area contributed by atoms with Gasteiger partial charge in [-0.3, -0.25) is 4.90 Å². The van der Waals surface area contributed by atoms with Crippen LogP contribution in [0, 0.1) is 5.92 Å². The van der Waals surface area contributed by atoms with Crippen LogP contribution in [0.15, 0.2) is 24.3 Å². The van der Waals surface area contributed by atoms with Crippen molar-refractivity contribution < 1.29 is 0 Å². The van der Waals surface area contributed by atoms with E-state index < -0.39 is 0 Å². The van der Waals surface area contributed by atoms with Crippen molar-refractivity contribution >= 4 is 11.6 Å². The first-order valence-electron chi connectivity index (χ1n) is 6.57. The molecule has 0 aliphatic rings. The highest BCUT2D eigenvalue weighted by Gasteiger charge is 2.26. The van der Waals surface area contributed by atoms with Crippen molar-refractivity contribution in [3.63, 3.8) is 0 Å². The summed E-state index contributed by atoms with van der Waals surface area (Å²) < 4.78 is 0. The first-order chi connectivity index (χ1) is 8.34. The third-order valence-corrected chi connectivity index (χ3v) is 4.01. The van der Waals surface area contributed by atoms with Crippen LogP contribution in [0.4, 0.5) is 0 Å². The Hall–Kier alpha value is -0.570. The van der Waals surface area contributed by atoms with Gasteiger partial charge in [-0.15, -0.1) is 0 Å². The molecule has 0 spiro atoms. The molecule has 0 heterocycles. The van der Waals surface area contributed by atoms with Crippen molar-refractivity contribution in [1.29, 1.82) is 0 Å². The molecule has 102 valence electrons. The fourth-order valence-corrected chi connectivity index (χ4v) is 2.42. The zero-order valence-electron chi connectivity index (χ0n) is 12.0. The van der Waals surface area contributed by atoms with Crippen molar-refractivity contribution in [2.45, 2.75) is 45.8 Å². The van der Waals surface area contributed by atoms with Crippen molar-refractivity contribution in [2.75, 3.05) is 7.05 Å². The molecule has 3 heteroatoms. The lowest BCUT2D eigenvalue weighted by Gasteiger charge is -2.37. The molecule has 0 aromatic heterocycles. The standard InChI is InChI=1S/C15H25ClN2/c1-10(2)12(4)18(5)15(11(3)17)13-6-8-14(16)9-7-13/h6-12,15H,17H2,1-5H3. The first kappa shape index (κ1) is 15.5. The Bertz CT molecular complexity index is 359. The van der Waals surface area contributed by atoms with Crippen LogP contribution in [-0.2, 0) is 0 Å². The Balaban J connectivity index is 2.99. The molecular formula is C15H25ClN2. The van der Waals surface area contributed by atoms with Crippen molar-refractivity contribution in [2.24, 2.45) is 11.7 Å². The minimum absolute atomic E-state index is 0.0809. The molecule has 2 N–H and O–H groups in total. The van der Waals surface area contributed by atoms with Gasteiger partial charge in [0.05, 0.1) is 0 Å². The van der Waals surface area contributed by atoms with Crippen molar-refractivity contribution in [3.8, 4) is 0 Å². The molecule has 0 saturated heterocycles. The number of hydrogen-bond donors (Lipinski definition) is 1. The van der Waals surface area contributed by atoms with E-state index in [2.05, 4.69) is 51.8 Å². The molecule has 0 aliphatic carbocycles. The molecule has 18 heavy (non-hydrogen) atoms. The molecule has 1 rings (SSSR count). The molecule has 0 radical (unpaired) electrons. The predicted molar refractivity (Wildman–Crippen MR) is 79.9 cm³/mol. The fraction of sp³-hybridized carbons (Fsp3) is 0.600. The number of nitrogens with zero attached hydrogens (tertiary/aromatic N) is 1. The minimum Gasteiger partial charge on any atom is -0.326 e. The monoisotopic (exact) mass is 268 g/mol. The van der Waals surface area contributed by atoms with E-state index in [0.29, 0.717) is 12.0 Å². The van der Waals surface area contributed by atoms with Crippen LogP contribution in [0.3, 0.4) is 0 Å². The predicted octanol–water partition coefficient (Wildman–Crippen LogP) is 3.70. The van der Waals surface area contributed by atoms with E-state index in [1.807, 2.05) is 12.1 Å². The molecule has 0 aliphatic heterocycles. The fourth-order valence-electron chi connectivity index (χ4n) is 2.29. The van der Waals surface area contributed by atoms with Crippen molar-refractivity contribution in [3.05, 3.63) is 34.9 Å². The highest BCUT2D eigenvalue weighted by atomic mass is 35.5. The number of hydrogen-bond acceptors (Lipinski definition) is 2. The largest absolute Gasteiger partial charge is 0.326 e. The number of halogens is 1. The molecule has 0 saturated carbocycles. The third-order valence-electron chi connectivity index (χ3n) is 3.76. The summed E-state index contributed by atoms with van der Waals surface area (Å²) in [6, 6.07) is 8.79. The lowest BCUT2D eigenvalue weighted by Crippen LogP contribution is -2.43. The van der Waals surface area contributed by atoms with Crippen LogP contribution >= 0.6 is 11.6 Å². The molecule has 1 aromatic rings. The first-order valence-corrected chi connectivity index (χ1v) is 6.95. The van der Waals surface area contributed by atoms with Crippen LogP contribution in [0.2, 0.25) is 5.02 Å². The summed E-state index contributed by atoms with van der Waals surface area (Å²) in [4.78, 5) is 2.36. The third kappa shape index (κ3) is 3.71. The van der Waals surface area contributed by atoms with E-state index in [1.54, 1.807) is 0 Å². The van der Waals surface area contributed by atoms with Crippen LogP contribution in [-0.4, -0.2) is 24.0 Å². The van der Waals surface area contributed by atoms with Gasteiger partial charge in [0, 0.05) is 23.1 Å². The Morgan fingerprint density at radius 1 is 1.06 bits per heavy atom. The van der Waals surface area contributed by atoms with Crippen LogP contribution in [0.1, 0.15) is 39.3 Å². The van der Waals surface area contributed by atoms with Gasteiger partial charge >= 0.3 is 0 Å². The Morgan fingerprint density at radius 3 is 1.94 bits per heavy atom. The van der Waals surface area contributed by atoms with E-state index in [4.69, 9.17) is 17.3 Å². The van der Waals surface area contributed by atoms with E-state index >= 15 is 0 Å². The lowest BCUT2D eigenvalue weighted by molar-refractivity contribution is 0.133. The normalized spacial score (nSPS) is 16.9. The van der Waals surface area contributed by atoms with Gasteiger partial charge in [-0.2, -0.15) is 0 Å². The number of benzene rings is 1. The van der Waals surface area contributed by atoms with Crippen LogP contribution in [0.5, 0.6) is 0 Å². The van der Waals surface area contributed by atoms with Gasteiger partial charge in [0.25, 0.3) is 0 Å². The second kappa shape index (κ2) is 6.55. The van der Waals surface area contributed by atoms with E-state index in [1.165, 1.54) is 5.56 Å². The Kier molecular flexibility index (Phi) is 5.64. The molecule has 2 nitrogen and oxygen atoms in total. The van der Waals surface area contributed by atoms with Gasteiger partial charge < -0.3 is 5.73 Å². The van der Waals surface area contributed by atoms with Gasteiger partial charge in [0.15, 0.2) is 0 Å². The molecule has 3 atom stereocenters. The summed E-state index contributed by atoms with van der Waals surface area (Å²) >= 11 is 5.94. The van der Waals surface area contributed by atoms with E-state index in [-0.39, 0.29) is 12.1 Å². The summed E-state index contributed by atoms with van der Waals surface area (Å²) in [6.07, 6.45) is 0. The second-order valence-corrected chi connectivity index (χ2v) is 5.94. The second-order valence-electron chi connectivity index (χ2n) is 5.51. The average Bonchev–Trinajstić information content (AvgIpc) is 2.30. The minimum atomic E-state index is 0.0809. The SMILES string of the molecule is CC(C)C(C)N(C)C(c1ccc(Cl)cc1)C(C)N. The average molecular weight is 269 g/mol. The zero-order chi connectivity index (χ0) is 13.9. The Labute approximate surface area is 116 Å². The number of nitrogens with two attached hydrogens (primary N) is 1. The summed E-state index contributed by atoms with van der Waals surface area (Å²) in [5, 5.41) is 0.765. The smallest absolute Gasteiger partial charge is 0.0496 e. The molecule has 0 fully saturated rings. The summed E-state index contributed by atoms with van der Waals surface area (Å²) in [7, 11) is 2.15. The molecular weight excluding hydrogens is 244 g/mol. The quantitative estimate of drug-likeness (QED) is 0.882. The Morgan fingerprint density at radius 2 is 1.56 bits per heavy atom. The number of likely N-dealkylation sites (N-methyl/N-ethyl adjacent to an activating group) is 1. The van der Waals surface area contributed by atoms with Gasteiger partial charge in [0.2, 0.25) is 0 Å². The maximum absolute atomic E-state index is 6.17. The maximum atomic E-state index is 6.17. The lowest BCUT2D eigenvalue weighted by atomic mass is 9.95. The molecule has 0 bridgehead atoms. The van der Waals surface area contributed by atoms with E-state index in [9.17, 15) is 0 Å². The van der Waals surface area contributed by atoms with E-state index in [0.717, 1.165) is 5.02 Å². The maximum Gasteiger partial charge on any atom is 0.0496 e. The highest BCUT2D eigenvalue weighted by Crippen LogP contribution is 2.27. The van der Waals surface area contributed by atoms with Gasteiger partial charge in [-0.1, -0.05) is 37.6 Å². The van der Waals surface area contributed by atoms with Crippen LogP contribution < -0.4 is 5.73 Å². The summed E-state index contributed by atoms with van der Waals surface area (Å²) in [5.74, 6) is 0.601. The highest BCUT2D eigenvalue weighted by molar-refractivity contribution is 6.30. The van der Waals surface area contributed by atoms with Gasteiger partial charge in [0.1, 0.15) is 0 Å². The zero-order valence-corrected chi connectivity index (χ0v) is 12.8. The van der Waals surface area contributed by atoms with Crippen LogP contribution in [0.25, 0.3) is 0 Å². The summed E-state index contributed by atoms with van der Waals surface area (Å²) in [5.41, 5.74) is 7.40.